The fourth-order valence-corrected chi connectivity index (χ4v) is 4.44. The van der Waals surface area contributed by atoms with Gasteiger partial charge in [-0.25, -0.2) is 4.39 Å². The van der Waals surface area contributed by atoms with E-state index in [1.807, 2.05) is 12.1 Å². The predicted octanol–water partition coefficient (Wildman–Crippen LogP) is 4.34. The molecule has 10 heteroatoms. The lowest BCUT2D eigenvalue weighted by Crippen LogP contribution is -2.31. The third-order valence-electron chi connectivity index (χ3n) is 4.76. The molecule has 0 spiro atoms. The number of rotatable bonds is 7. The number of anilines is 1. The first kappa shape index (κ1) is 22.8. The molecular weight excluding hydrogens is 463 g/mol. The Labute approximate surface area is 199 Å². The van der Waals surface area contributed by atoms with E-state index in [1.165, 1.54) is 28.8 Å². The van der Waals surface area contributed by atoms with Crippen LogP contribution in [0.4, 0.5) is 10.1 Å². The standard InChI is InChI=1S/C23H19FN4O3S2/c1-14-26-27-21(31-14)13-16-4-8-18(9-5-16)25-20(29)10-11-28-22(30)19(33-23(28)32)12-15-2-6-17(24)7-3-15/h2-9,12H,10-11,13H2,1H3,(H,25,29)/b19-12-. The number of carbonyl (C=O) groups excluding carboxylic acids is 2. The maximum atomic E-state index is 13.1. The second-order valence-electron chi connectivity index (χ2n) is 7.27. The Hall–Kier alpha value is -3.37. The molecule has 1 saturated heterocycles. The first-order chi connectivity index (χ1) is 15.9. The molecule has 0 saturated carbocycles. The zero-order chi connectivity index (χ0) is 23.4. The normalized spacial score (nSPS) is 14.8. The van der Waals surface area contributed by atoms with Crippen LogP contribution in [0.15, 0.2) is 57.9 Å². The van der Waals surface area contributed by atoms with Crippen LogP contribution in [0.5, 0.6) is 0 Å². The lowest BCUT2D eigenvalue weighted by Gasteiger charge is -2.14. The van der Waals surface area contributed by atoms with Gasteiger partial charge < -0.3 is 9.73 Å². The minimum absolute atomic E-state index is 0.0965. The van der Waals surface area contributed by atoms with Crippen molar-refractivity contribution in [2.24, 2.45) is 0 Å². The maximum absolute atomic E-state index is 13.1. The molecule has 2 aromatic carbocycles. The Morgan fingerprint density at radius 3 is 2.58 bits per heavy atom. The van der Waals surface area contributed by atoms with Gasteiger partial charge >= 0.3 is 0 Å². The number of benzene rings is 2. The van der Waals surface area contributed by atoms with E-state index in [0.29, 0.717) is 38.7 Å². The van der Waals surface area contributed by atoms with Gasteiger partial charge in [0.2, 0.25) is 17.7 Å². The highest BCUT2D eigenvalue weighted by molar-refractivity contribution is 8.26. The van der Waals surface area contributed by atoms with Crippen LogP contribution in [0.2, 0.25) is 0 Å². The van der Waals surface area contributed by atoms with Crippen molar-refractivity contribution in [2.75, 3.05) is 11.9 Å². The van der Waals surface area contributed by atoms with Gasteiger partial charge in [0.05, 0.1) is 11.3 Å². The third kappa shape index (κ3) is 5.91. The van der Waals surface area contributed by atoms with Crippen LogP contribution in [0.25, 0.3) is 6.08 Å². The summed E-state index contributed by atoms with van der Waals surface area (Å²) >= 11 is 6.47. The average Bonchev–Trinajstić information content (AvgIpc) is 3.31. The Bertz CT molecular complexity index is 1220. The van der Waals surface area contributed by atoms with E-state index in [2.05, 4.69) is 15.5 Å². The molecule has 0 unspecified atom stereocenters. The second kappa shape index (κ2) is 10.1. The topological polar surface area (TPSA) is 88.3 Å². The van der Waals surface area contributed by atoms with E-state index < -0.39 is 0 Å². The molecule has 33 heavy (non-hydrogen) atoms. The molecule has 0 radical (unpaired) electrons. The molecule has 1 N–H and O–H groups in total. The summed E-state index contributed by atoms with van der Waals surface area (Å²) in [6, 6.07) is 13.2. The van der Waals surface area contributed by atoms with Crippen molar-refractivity contribution in [2.45, 2.75) is 19.8 Å². The number of carbonyl (C=O) groups is 2. The van der Waals surface area contributed by atoms with E-state index >= 15 is 0 Å². The van der Waals surface area contributed by atoms with Crippen molar-refractivity contribution < 1.29 is 18.4 Å². The summed E-state index contributed by atoms with van der Waals surface area (Å²) in [5, 5.41) is 10.6. The molecule has 0 bridgehead atoms. The third-order valence-corrected chi connectivity index (χ3v) is 6.14. The first-order valence-electron chi connectivity index (χ1n) is 10.1. The van der Waals surface area contributed by atoms with E-state index in [4.69, 9.17) is 16.6 Å². The summed E-state index contributed by atoms with van der Waals surface area (Å²) in [6.07, 6.45) is 2.27. The number of aromatic nitrogens is 2. The summed E-state index contributed by atoms with van der Waals surface area (Å²) < 4.78 is 18.8. The highest BCUT2D eigenvalue weighted by Gasteiger charge is 2.32. The molecule has 1 aliphatic heterocycles. The van der Waals surface area contributed by atoms with E-state index in [0.717, 1.165) is 5.56 Å². The molecule has 0 aliphatic carbocycles. The van der Waals surface area contributed by atoms with Crippen LogP contribution in [0.1, 0.15) is 29.3 Å². The Morgan fingerprint density at radius 2 is 1.91 bits per heavy atom. The van der Waals surface area contributed by atoms with Gasteiger partial charge in [-0.05, 0) is 41.5 Å². The summed E-state index contributed by atoms with van der Waals surface area (Å²) in [7, 11) is 0. The number of nitrogens with one attached hydrogen (secondary N) is 1. The summed E-state index contributed by atoms with van der Waals surface area (Å²) in [5.74, 6) is 0.208. The molecule has 168 valence electrons. The Balaban J connectivity index is 1.29. The van der Waals surface area contributed by atoms with Gasteiger partial charge in [0.25, 0.3) is 5.91 Å². The second-order valence-corrected chi connectivity index (χ2v) is 8.95. The van der Waals surface area contributed by atoms with Crippen molar-refractivity contribution in [1.29, 1.82) is 0 Å². The molecule has 4 rings (SSSR count). The van der Waals surface area contributed by atoms with Gasteiger partial charge in [-0.2, -0.15) is 0 Å². The molecule has 7 nitrogen and oxygen atoms in total. The van der Waals surface area contributed by atoms with Crippen molar-refractivity contribution in [3.8, 4) is 0 Å². The predicted molar refractivity (Wildman–Crippen MR) is 128 cm³/mol. The molecule has 2 amide bonds. The van der Waals surface area contributed by atoms with Gasteiger partial charge in [-0.1, -0.05) is 48.2 Å². The van der Waals surface area contributed by atoms with E-state index in [1.54, 1.807) is 37.3 Å². The molecule has 0 atom stereocenters. The number of hydrogen-bond acceptors (Lipinski definition) is 7. The quantitative estimate of drug-likeness (QED) is 0.396. The Morgan fingerprint density at radius 1 is 1.18 bits per heavy atom. The number of halogens is 1. The maximum Gasteiger partial charge on any atom is 0.266 e. The lowest BCUT2D eigenvalue weighted by atomic mass is 10.1. The molecule has 1 fully saturated rings. The fraction of sp³-hybridized carbons (Fsp3) is 0.174. The number of thioether (sulfide) groups is 1. The smallest absolute Gasteiger partial charge is 0.266 e. The summed E-state index contributed by atoms with van der Waals surface area (Å²) in [5.41, 5.74) is 2.32. The summed E-state index contributed by atoms with van der Waals surface area (Å²) in [4.78, 5) is 26.9. The van der Waals surface area contributed by atoms with E-state index in [9.17, 15) is 14.0 Å². The number of hydrogen-bond donors (Lipinski definition) is 1. The van der Waals surface area contributed by atoms with Crippen molar-refractivity contribution in [3.05, 3.63) is 82.2 Å². The molecule has 1 aromatic heterocycles. The Kier molecular flexibility index (Phi) is 6.95. The molecule has 2 heterocycles. The zero-order valence-electron chi connectivity index (χ0n) is 17.6. The monoisotopic (exact) mass is 482 g/mol. The van der Waals surface area contributed by atoms with Crippen LogP contribution in [0.3, 0.4) is 0 Å². The van der Waals surface area contributed by atoms with Gasteiger partial charge in [0.1, 0.15) is 10.1 Å². The van der Waals surface area contributed by atoms with Crippen LogP contribution in [0, 0.1) is 12.7 Å². The van der Waals surface area contributed by atoms with Crippen molar-refractivity contribution in [3.63, 3.8) is 0 Å². The zero-order valence-corrected chi connectivity index (χ0v) is 19.2. The number of nitrogens with zero attached hydrogens (tertiary/aromatic N) is 3. The first-order valence-corrected chi connectivity index (χ1v) is 11.3. The van der Waals surface area contributed by atoms with Gasteiger partial charge in [0, 0.05) is 25.6 Å². The highest BCUT2D eigenvalue weighted by atomic mass is 32.2. The molecule has 1 aliphatic rings. The van der Waals surface area contributed by atoms with Crippen LogP contribution in [-0.2, 0) is 16.0 Å². The van der Waals surface area contributed by atoms with Crippen molar-refractivity contribution >= 4 is 51.9 Å². The van der Waals surface area contributed by atoms with Crippen LogP contribution >= 0.6 is 24.0 Å². The largest absolute Gasteiger partial charge is 0.425 e. The van der Waals surface area contributed by atoms with Crippen molar-refractivity contribution in [1.82, 2.24) is 15.1 Å². The minimum Gasteiger partial charge on any atom is -0.425 e. The highest BCUT2D eigenvalue weighted by Crippen LogP contribution is 2.32. The average molecular weight is 483 g/mol. The van der Waals surface area contributed by atoms with Gasteiger partial charge in [0.15, 0.2) is 0 Å². The molecular formula is C23H19FN4O3S2. The van der Waals surface area contributed by atoms with Gasteiger partial charge in [-0.3, -0.25) is 14.5 Å². The molecule has 3 aromatic rings. The minimum atomic E-state index is -0.345. The number of aryl methyl sites for hydroxylation is 1. The number of amides is 2. The summed E-state index contributed by atoms with van der Waals surface area (Å²) in [6.45, 7) is 1.91. The SMILES string of the molecule is Cc1nnc(Cc2ccc(NC(=O)CCN3C(=O)/C(=C/c4ccc(F)cc4)SC3=S)cc2)o1. The van der Waals surface area contributed by atoms with Crippen LogP contribution in [-0.4, -0.2) is 37.8 Å². The number of thiocarbonyl (C=S) groups is 1. The lowest BCUT2D eigenvalue weighted by molar-refractivity contribution is -0.122. The van der Waals surface area contributed by atoms with E-state index in [-0.39, 0.29) is 30.6 Å². The van der Waals surface area contributed by atoms with Gasteiger partial charge in [-0.15, -0.1) is 10.2 Å². The fourth-order valence-electron chi connectivity index (χ4n) is 3.13. The van der Waals surface area contributed by atoms with Crippen LogP contribution < -0.4 is 5.32 Å².